The quantitative estimate of drug-likeness (QED) is 0.399. The number of nitrogens with zero attached hydrogens (tertiary/aromatic N) is 1. The van der Waals surface area contributed by atoms with Gasteiger partial charge in [-0.05, 0) is 66.5 Å². The summed E-state index contributed by atoms with van der Waals surface area (Å²) in [5.74, 6) is 5.66. The van der Waals surface area contributed by atoms with E-state index < -0.39 is 5.82 Å². The molecule has 0 atom stereocenters. The lowest BCUT2D eigenvalue weighted by Gasteiger charge is -1.99. The maximum atomic E-state index is 13.8. The fourth-order valence-corrected chi connectivity index (χ4v) is 2.93. The Kier molecular flexibility index (Phi) is 5.01. The van der Waals surface area contributed by atoms with Crippen molar-refractivity contribution >= 4 is 29.1 Å². The largest absolute Gasteiger partial charge is 0.205 e. The lowest BCUT2D eigenvalue weighted by molar-refractivity contribution is 0.629. The molecule has 0 spiro atoms. The smallest absolute Gasteiger partial charge is 0.150 e. The van der Waals surface area contributed by atoms with Gasteiger partial charge in [-0.2, -0.15) is 4.99 Å². The highest BCUT2D eigenvalue weighted by Crippen LogP contribution is 2.28. The van der Waals surface area contributed by atoms with E-state index >= 15 is 0 Å². The van der Waals surface area contributed by atoms with Gasteiger partial charge in [0.1, 0.15) is 5.69 Å². The zero-order valence-electron chi connectivity index (χ0n) is 13.4. The van der Waals surface area contributed by atoms with Crippen molar-refractivity contribution < 1.29 is 4.39 Å². The van der Waals surface area contributed by atoms with Crippen molar-refractivity contribution in [1.29, 1.82) is 0 Å². The van der Waals surface area contributed by atoms with Crippen molar-refractivity contribution in [3.05, 3.63) is 70.0 Å². The van der Waals surface area contributed by atoms with E-state index in [1.165, 1.54) is 29.2 Å². The maximum absolute atomic E-state index is 13.8. The van der Waals surface area contributed by atoms with Gasteiger partial charge in [-0.25, -0.2) is 4.39 Å². The number of fused-ring (bicyclic) bond motifs is 1. The van der Waals surface area contributed by atoms with Gasteiger partial charge in [-0.15, -0.1) is 0 Å². The molecule has 24 heavy (non-hydrogen) atoms. The Balaban J connectivity index is 1.83. The molecule has 3 rings (SSSR count). The zero-order chi connectivity index (χ0) is 16.9. The highest BCUT2D eigenvalue weighted by molar-refractivity contribution is 7.78. The number of rotatable bonds is 3. The van der Waals surface area contributed by atoms with Gasteiger partial charge in [0, 0.05) is 11.1 Å². The van der Waals surface area contributed by atoms with Crippen LogP contribution in [-0.2, 0) is 6.42 Å². The number of isothiocyanates is 1. The van der Waals surface area contributed by atoms with E-state index in [1.54, 1.807) is 12.1 Å². The fraction of sp³-hybridized carbons (Fsp3) is 0.190. The zero-order valence-corrected chi connectivity index (χ0v) is 14.2. The number of thiocarbonyl (C=S) groups is 1. The van der Waals surface area contributed by atoms with Gasteiger partial charge < -0.3 is 0 Å². The molecule has 0 fully saturated rings. The Morgan fingerprint density at radius 2 is 1.88 bits per heavy atom. The van der Waals surface area contributed by atoms with Crippen molar-refractivity contribution in [2.75, 3.05) is 0 Å². The van der Waals surface area contributed by atoms with Gasteiger partial charge in [0.15, 0.2) is 5.82 Å². The Morgan fingerprint density at radius 3 is 2.58 bits per heavy atom. The molecule has 1 aliphatic rings. The molecule has 0 N–H and O–H groups in total. The molecule has 2 aromatic carbocycles. The Bertz CT molecular complexity index is 925. The SMILES string of the molecule is CCCC1=Cc2cc(C#Cc3ccc(N=C=S)c(F)c3)ccc2C1. The van der Waals surface area contributed by atoms with E-state index in [-0.39, 0.29) is 5.69 Å². The van der Waals surface area contributed by atoms with Crippen LogP contribution in [0.2, 0.25) is 0 Å². The van der Waals surface area contributed by atoms with Crippen LogP contribution < -0.4 is 0 Å². The molecule has 0 unspecified atom stereocenters. The van der Waals surface area contributed by atoms with Gasteiger partial charge in [-0.3, -0.25) is 0 Å². The fourth-order valence-electron chi connectivity index (χ4n) is 2.83. The number of benzene rings is 2. The van der Waals surface area contributed by atoms with Crippen LogP contribution in [0.3, 0.4) is 0 Å². The average molecular weight is 333 g/mol. The van der Waals surface area contributed by atoms with E-state index in [0.29, 0.717) is 5.56 Å². The standard InChI is InChI=1S/C21H16FNS/c1-2-3-17-11-18-8-6-15(10-19(18)12-17)4-5-16-7-9-21(23-14-24)20(22)13-16/h6-10,12-13H,2-3,11H2,1H3. The minimum Gasteiger partial charge on any atom is -0.205 e. The number of hydrogen-bond acceptors (Lipinski definition) is 2. The molecule has 0 saturated carbocycles. The lowest BCUT2D eigenvalue weighted by Crippen LogP contribution is -1.86. The third kappa shape index (κ3) is 3.68. The second-order valence-corrected chi connectivity index (χ2v) is 5.94. The molecule has 3 heteroatoms. The van der Waals surface area contributed by atoms with E-state index in [0.717, 1.165) is 18.4 Å². The van der Waals surface area contributed by atoms with E-state index in [2.05, 4.69) is 59.3 Å². The summed E-state index contributed by atoms with van der Waals surface area (Å²) in [7, 11) is 0. The number of halogens is 1. The van der Waals surface area contributed by atoms with Crippen LogP contribution in [0.15, 0.2) is 47.0 Å². The predicted octanol–water partition coefficient (Wildman–Crippen LogP) is 5.70. The number of hydrogen-bond donors (Lipinski definition) is 0. The van der Waals surface area contributed by atoms with E-state index in [9.17, 15) is 4.39 Å². The van der Waals surface area contributed by atoms with Crippen molar-refractivity contribution in [2.24, 2.45) is 4.99 Å². The Labute approximate surface area is 146 Å². The second-order valence-electron chi connectivity index (χ2n) is 5.76. The minimum atomic E-state index is -0.444. The molecule has 0 heterocycles. The lowest BCUT2D eigenvalue weighted by atomic mass is 10.0. The molecule has 0 amide bonds. The first-order valence-electron chi connectivity index (χ1n) is 7.91. The summed E-state index contributed by atoms with van der Waals surface area (Å²) in [5.41, 5.74) is 5.82. The molecule has 0 radical (unpaired) electrons. The predicted molar refractivity (Wildman–Crippen MR) is 100 cm³/mol. The van der Waals surface area contributed by atoms with Crippen LogP contribution in [0, 0.1) is 17.7 Å². The summed E-state index contributed by atoms with van der Waals surface area (Å²) in [6.45, 7) is 2.20. The van der Waals surface area contributed by atoms with Gasteiger partial charge in [-0.1, -0.05) is 42.9 Å². The number of allylic oxidation sites excluding steroid dienone is 1. The van der Waals surface area contributed by atoms with Crippen LogP contribution in [0.5, 0.6) is 0 Å². The van der Waals surface area contributed by atoms with Crippen molar-refractivity contribution in [1.82, 2.24) is 0 Å². The third-order valence-electron chi connectivity index (χ3n) is 3.96. The molecule has 0 saturated heterocycles. The first kappa shape index (κ1) is 16.3. The van der Waals surface area contributed by atoms with Crippen molar-refractivity contribution in [3.8, 4) is 11.8 Å². The highest BCUT2D eigenvalue weighted by Gasteiger charge is 2.11. The third-order valence-corrected chi connectivity index (χ3v) is 4.05. The molecular weight excluding hydrogens is 317 g/mol. The maximum Gasteiger partial charge on any atom is 0.150 e. The van der Waals surface area contributed by atoms with E-state index in [4.69, 9.17) is 0 Å². The minimum absolute atomic E-state index is 0.182. The highest BCUT2D eigenvalue weighted by atomic mass is 32.1. The summed E-state index contributed by atoms with van der Waals surface area (Å²) >= 11 is 4.49. The van der Waals surface area contributed by atoms with Gasteiger partial charge in [0.2, 0.25) is 0 Å². The van der Waals surface area contributed by atoms with Crippen molar-refractivity contribution in [3.63, 3.8) is 0 Å². The summed E-state index contributed by atoms with van der Waals surface area (Å²) < 4.78 is 13.8. The molecule has 0 aliphatic heterocycles. The summed E-state index contributed by atoms with van der Waals surface area (Å²) in [6.07, 6.45) is 5.62. The molecular formula is C21H16FNS. The second kappa shape index (κ2) is 7.36. The van der Waals surface area contributed by atoms with E-state index in [1.807, 2.05) is 6.07 Å². The van der Waals surface area contributed by atoms with Crippen LogP contribution in [-0.4, -0.2) is 5.16 Å². The average Bonchev–Trinajstić information content (AvgIpc) is 2.97. The van der Waals surface area contributed by atoms with Crippen LogP contribution in [0.25, 0.3) is 6.08 Å². The molecule has 1 aliphatic carbocycles. The molecule has 118 valence electrons. The molecule has 2 aromatic rings. The van der Waals surface area contributed by atoms with Crippen LogP contribution in [0.1, 0.15) is 42.0 Å². The molecule has 1 nitrogen and oxygen atoms in total. The summed E-state index contributed by atoms with van der Waals surface area (Å²) in [5, 5.41) is 2.17. The topological polar surface area (TPSA) is 12.4 Å². The molecule has 0 bridgehead atoms. The van der Waals surface area contributed by atoms with Gasteiger partial charge in [0.25, 0.3) is 0 Å². The summed E-state index contributed by atoms with van der Waals surface area (Å²) in [6, 6.07) is 10.9. The first-order chi connectivity index (χ1) is 11.7. The first-order valence-corrected chi connectivity index (χ1v) is 8.32. The van der Waals surface area contributed by atoms with Crippen LogP contribution in [0.4, 0.5) is 10.1 Å². The monoisotopic (exact) mass is 333 g/mol. The Hall–Kier alpha value is -2.53. The van der Waals surface area contributed by atoms with Crippen molar-refractivity contribution in [2.45, 2.75) is 26.2 Å². The van der Waals surface area contributed by atoms with Gasteiger partial charge in [0.05, 0.1) is 5.16 Å². The number of aliphatic imine (C=N–C) groups is 1. The van der Waals surface area contributed by atoms with Crippen LogP contribution >= 0.6 is 12.2 Å². The Morgan fingerprint density at radius 1 is 1.12 bits per heavy atom. The van der Waals surface area contributed by atoms with Gasteiger partial charge >= 0.3 is 0 Å². The normalized spacial score (nSPS) is 11.8. The molecule has 0 aromatic heterocycles. The summed E-state index contributed by atoms with van der Waals surface area (Å²) in [4.78, 5) is 3.66.